The number of hydrogen-bond acceptors (Lipinski definition) is 4. The van der Waals surface area contributed by atoms with Gasteiger partial charge in [-0.1, -0.05) is 35.1 Å². The lowest BCUT2D eigenvalue weighted by atomic mass is 10.2. The number of ether oxygens (including phenoxy) is 1. The summed E-state index contributed by atoms with van der Waals surface area (Å²) >= 11 is 7.41. The fourth-order valence-corrected chi connectivity index (χ4v) is 3.23. The fraction of sp³-hybridized carbons (Fsp3) is 0.176. The Kier molecular flexibility index (Phi) is 4.50. The smallest absolute Gasteiger partial charge is 0.264 e. The van der Waals surface area contributed by atoms with Crippen molar-refractivity contribution in [3.8, 4) is 5.75 Å². The van der Waals surface area contributed by atoms with Gasteiger partial charge >= 0.3 is 0 Å². The Labute approximate surface area is 143 Å². The lowest BCUT2D eigenvalue weighted by Gasteiger charge is -2.07. The second-order valence-electron chi connectivity index (χ2n) is 5.19. The lowest BCUT2D eigenvalue weighted by Crippen LogP contribution is -2.20. The number of carbonyl (C=O) groups excluding carboxylic acids is 1. The van der Waals surface area contributed by atoms with Gasteiger partial charge in [-0.25, -0.2) is 4.98 Å². The molecule has 23 heavy (non-hydrogen) atoms. The molecule has 0 fully saturated rings. The van der Waals surface area contributed by atoms with Crippen LogP contribution in [0.1, 0.15) is 11.1 Å². The van der Waals surface area contributed by atoms with Gasteiger partial charge in [0, 0.05) is 5.02 Å². The number of para-hydroxylation sites is 1. The third-order valence-electron chi connectivity index (χ3n) is 3.37. The molecule has 0 spiro atoms. The Balaban J connectivity index is 1.64. The molecule has 0 saturated heterocycles. The molecule has 2 aromatic carbocycles. The van der Waals surface area contributed by atoms with Crippen molar-refractivity contribution in [1.29, 1.82) is 0 Å². The molecule has 0 unspecified atom stereocenters. The van der Waals surface area contributed by atoms with E-state index in [0.29, 0.717) is 15.9 Å². The average molecular weight is 347 g/mol. The molecule has 0 saturated carbocycles. The number of nitrogens with one attached hydrogen (secondary N) is 1. The van der Waals surface area contributed by atoms with Crippen molar-refractivity contribution < 1.29 is 9.53 Å². The second-order valence-corrected chi connectivity index (χ2v) is 6.63. The summed E-state index contributed by atoms with van der Waals surface area (Å²) in [6.45, 7) is 3.81. The van der Waals surface area contributed by atoms with Crippen LogP contribution in [0.4, 0.5) is 5.13 Å². The molecule has 3 rings (SSSR count). The number of amides is 1. The summed E-state index contributed by atoms with van der Waals surface area (Å²) in [5.41, 5.74) is 2.92. The van der Waals surface area contributed by atoms with Crippen LogP contribution in [0.5, 0.6) is 5.75 Å². The molecular formula is C17H15ClN2O2S. The van der Waals surface area contributed by atoms with Crippen molar-refractivity contribution in [2.24, 2.45) is 0 Å². The molecule has 0 aliphatic rings. The fourth-order valence-electron chi connectivity index (χ4n) is 2.15. The SMILES string of the molecule is Cc1cc(OCC(=O)Nc2nc3c(C)cccc3s2)ccc1Cl. The predicted octanol–water partition coefficient (Wildman–Crippen LogP) is 4.58. The monoisotopic (exact) mass is 346 g/mol. The van der Waals surface area contributed by atoms with E-state index >= 15 is 0 Å². The molecule has 0 bridgehead atoms. The van der Waals surface area contributed by atoms with Gasteiger partial charge < -0.3 is 4.74 Å². The molecule has 1 heterocycles. The van der Waals surface area contributed by atoms with E-state index in [2.05, 4.69) is 10.3 Å². The molecular weight excluding hydrogens is 332 g/mol. The third-order valence-corrected chi connectivity index (χ3v) is 4.73. The topological polar surface area (TPSA) is 51.2 Å². The van der Waals surface area contributed by atoms with Gasteiger partial charge in [0.1, 0.15) is 5.75 Å². The molecule has 0 atom stereocenters. The number of fused-ring (bicyclic) bond motifs is 1. The zero-order chi connectivity index (χ0) is 16.4. The second kappa shape index (κ2) is 6.56. The lowest BCUT2D eigenvalue weighted by molar-refractivity contribution is -0.118. The van der Waals surface area contributed by atoms with E-state index in [1.807, 2.05) is 32.0 Å². The highest BCUT2D eigenvalue weighted by atomic mass is 35.5. The molecule has 1 amide bonds. The van der Waals surface area contributed by atoms with Crippen LogP contribution in [0.15, 0.2) is 36.4 Å². The average Bonchev–Trinajstić information content (AvgIpc) is 2.92. The molecule has 1 aromatic heterocycles. The Morgan fingerprint density at radius 2 is 2.09 bits per heavy atom. The Bertz CT molecular complexity index is 876. The third kappa shape index (κ3) is 3.63. The molecule has 3 aromatic rings. The summed E-state index contributed by atoms with van der Waals surface area (Å²) in [6, 6.07) is 11.3. The number of anilines is 1. The van der Waals surface area contributed by atoms with Crippen molar-refractivity contribution in [2.75, 3.05) is 11.9 Å². The van der Waals surface area contributed by atoms with E-state index in [-0.39, 0.29) is 12.5 Å². The summed E-state index contributed by atoms with van der Waals surface area (Å²) in [5, 5.41) is 4.02. The number of carbonyl (C=O) groups is 1. The number of aromatic nitrogens is 1. The highest BCUT2D eigenvalue weighted by molar-refractivity contribution is 7.22. The van der Waals surface area contributed by atoms with Crippen LogP contribution in [0.25, 0.3) is 10.2 Å². The Morgan fingerprint density at radius 3 is 2.83 bits per heavy atom. The van der Waals surface area contributed by atoms with E-state index < -0.39 is 0 Å². The zero-order valence-corrected chi connectivity index (χ0v) is 14.3. The number of rotatable bonds is 4. The minimum absolute atomic E-state index is 0.0734. The van der Waals surface area contributed by atoms with Crippen LogP contribution >= 0.6 is 22.9 Å². The van der Waals surface area contributed by atoms with Crippen LogP contribution in [-0.2, 0) is 4.79 Å². The van der Waals surface area contributed by atoms with Gasteiger partial charge in [0.2, 0.25) is 0 Å². The summed E-state index contributed by atoms with van der Waals surface area (Å²) in [6.07, 6.45) is 0. The molecule has 0 aliphatic heterocycles. The van der Waals surface area contributed by atoms with Gasteiger partial charge in [-0.15, -0.1) is 0 Å². The van der Waals surface area contributed by atoms with E-state index in [4.69, 9.17) is 16.3 Å². The minimum atomic E-state index is -0.241. The van der Waals surface area contributed by atoms with Gasteiger partial charge in [-0.05, 0) is 49.2 Å². The van der Waals surface area contributed by atoms with E-state index in [1.165, 1.54) is 11.3 Å². The Morgan fingerprint density at radius 1 is 1.26 bits per heavy atom. The number of nitrogens with zero attached hydrogens (tertiary/aromatic N) is 1. The molecule has 0 aliphatic carbocycles. The first-order valence-corrected chi connectivity index (χ1v) is 8.27. The number of thiazole rings is 1. The molecule has 1 N–H and O–H groups in total. The van der Waals surface area contributed by atoms with Crippen molar-refractivity contribution in [3.63, 3.8) is 0 Å². The van der Waals surface area contributed by atoms with Crippen molar-refractivity contribution in [3.05, 3.63) is 52.5 Å². The summed E-state index contributed by atoms with van der Waals surface area (Å²) in [4.78, 5) is 16.5. The van der Waals surface area contributed by atoms with Gasteiger partial charge in [-0.2, -0.15) is 0 Å². The summed E-state index contributed by atoms with van der Waals surface area (Å²) < 4.78 is 6.53. The maximum Gasteiger partial charge on any atom is 0.264 e. The minimum Gasteiger partial charge on any atom is -0.484 e. The maximum absolute atomic E-state index is 12.0. The molecule has 4 nitrogen and oxygen atoms in total. The van der Waals surface area contributed by atoms with Crippen molar-refractivity contribution >= 4 is 44.2 Å². The number of benzene rings is 2. The largest absolute Gasteiger partial charge is 0.484 e. The van der Waals surface area contributed by atoms with Crippen LogP contribution < -0.4 is 10.1 Å². The highest BCUT2D eigenvalue weighted by Crippen LogP contribution is 2.27. The van der Waals surface area contributed by atoms with Crippen LogP contribution in [0.3, 0.4) is 0 Å². The molecule has 118 valence electrons. The van der Waals surface area contributed by atoms with Crippen LogP contribution in [0.2, 0.25) is 5.02 Å². The van der Waals surface area contributed by atoms with Gasteiger partial charge in [0.25, 0.3) is 5.91 Å². The van der Waals surface area contributed by atoms with E-state index in [9.17, 15) is 4.79 Å². The Hall–Kier alpha value is -2.11. The first kappa shape index (κ1) is 15.8. The van der Waals surface area contributed by atoms with E-state index in [1.54, 1.807) is 18.2 Å². The maximum atomic E-state index is 12.0. The normalized spacial score (nSPS) is 10.7. The van der Waals surface area contributed by atoms with Gasteiger partial charge in [0.05, 0.1) is 10.2 Å². The first-order valence-electron chi connectivity index (χ1n) is 7.08. The van der Waals surface area contributed by atoms with E-state index in [0.717, 1.165) is 21.3 Å². The highest BCUT2D eigenvalue weighted by Gasteiger charge is 2.10. The number of hydrogen-bond donors (Lipinski definition) is 1. The number of aryl methyl sites for hydroxylation is 2. The first-order chi connectivity index (χ1) is 11.0. The van der Waals surface area contributed by atoms with Gasteiger partial charge in [-0.3, -0.25) is 10.1 Å². The number of halogens is 1. The van der Waals surface area contributed by atoms with Crippen molar-refractivity contribution in [2.45, 2.75) is 13.8 Å². The standard InChI is InChI=1S/C17H15ClN2O2S/c1-10-4-3-5-14-16(10)20-17(23-14)19-15(21)9-22-12-6-7-13(18)11(2)8-12/h3-8H,9H2,1-2H3,(H,19,20,21). The molecule has 6 heteroatoms. The quantitative estimate of drug-likeness (QED) is 0.752. The molecule has 0 radical (unpaired) electrons. The van der Waals surface area contributed by atoms with Crippen molar-refractivity contribution in [1.82, 2.24) is 4.98 Å². The summed E-state index contributed by atoms with van der Waals surface area (Å²) in [7, 11) is 0. The van der Waals surface area contributed by atoms with Crippen LogP contribution in [0, 0.1) is 13.8 Å². The zero-order valence-electron chi connectivity index (χ0n) is 12.7. The van der Waals surface area contributed by atoms with Gasteiger partial charge in [0.15, 0.2) is 11.7 Å². The predicted molar refractivity (Wildman–Crippen MR) is 94.7 cm³/mol. The van der Waals surface area contributed by atoms with Crippen LogP contribution in [-0.4, -0.2) is 17.5 Å². The summed E-state index contributed by atoms with van der Waals surface area (Å²) in [5.74, 6) is 0.372.